The van der Waals surface area contributed by atoms with Crippen LogP contribution in [0.25, 0.3) is 0 Å². The second-order valence-electron chi connectivity index (χ2n) is 6.52. The number of hydrogen-bond donors (Lipinski definition) is 2. The number of quaternary nitrogens is 1. The molecule has 30 heavy (non-hydrogen) atoms. The summed E-state index contributed by atoms with van der Waals surface area (Å²) in [7, 11) is 0. The minimum Gasteiger partial charge on any atom is -0.435 e. The van der Waals surface area contributed by atoms with E-state index < -0.39 is 6.61 Å². The summed E-state index contributed by atoms with van der Waals surface area (Å²) in [5.41, 5.74) is 2.84. The molecular formula is C23H20F2N3O2+. The summed E-state index contributed by atoms with van der Waals surface area (Å²) in [4.78, 5) is 12.4. The highest BCUT2D eigenvalue weighted by Gasteiger charge is 2.19. The van der Waals surface area contributed by atoms with Gasteiger partial charge in [-0.3, -0.25) is 4.79 Å². The van der Waals surface area contributed by atoms with Crippen LogP contribution in [0.15, 0.2) is 78.9 Å². The first-order chi connectivity index (χ1) is 14.5. The zero-order valence-corrected chi connectivity index (χ0v) is 16.0. The Kier molecular flexibility index (Phi) is 7.09. The van der Waals surface area contributed by atoms with Crippen LogP contribution in [0.5, 0.6) is 5.75 Å². The second kappa shape index (κ2) is 10.1. The Morgan fingerprint density at radius 3 is 2.37 bits per heavy atom. The molecule has 152 valence electrons. The monoisotopic (exact) mass is 408 g/mol. The van der Waals surface area contributed by atoms with Gasteiger partial charge in [-0.25, -0.2) is 0 Å². The number of carbonyl (C=O) groups excluding carboxylic acids is 1. The predicted molar refractivity (Wildman–Crippen MR) is 108 cm³/mol. The largest absolute Gasteiger partial charge is 0.435 e. The highest BCUT2D eigenvalue weighted by atomic mass is 19.3. The lowest BCUT2D eigenvalue weighted by molar-refractivity contribution is -0.676. The summed E-state index contributed by atoms with van der Waals surface area (Å²) in [6.45, 7) is -2.75. The third-order valence-electron chi connectivity index (χ3n) is 4.44. The van der Waals surface area contributed by atoms with E-state index in [0.717, 1.165) is 11.1 Å². The van der Waals surface area contributed by atoms with Crippen LogP contribution in [-0.4, -0.2) is 19.1 Å². The van der Waals surface area contributed by atoms with Crippen molar-refractivity contribution < 1.29 is 23.6 Å². The standard InChI is InChI=1S/C23H19F2N3O2/c24-23(25)30-20-11-9-18(10-12-20)22(17-6-2-1-3-7-17)27-15-21(29)28-19-8-4-5-16(13-19)14-26/h1-13,22-23,27H,15H2,(H,28,29)/p+1/t22-/m1/s1. The Morgan fingerprint density at radius 2 is 1.70 bits per heavy atom. The number of nitrogens with zero attached hydrogens (tertiary/aromatic N) is 1. The first kappa shape index (κ1) is 21.0. The predicted octanol–water partition coefficient (Wildman–Crippen LogP) is 3.45. The van der Waals surface area contributed by atoms with Crippen molar-refractivity contribution in [3.05, 3.63) is 95.6 Å². The summed E-state index contributed by atoms with van der Waals surface area (Å²) in [5, 5.41) is 13.6. The number of anilines is 1. The molecule has 3 N–H and O–H groups in total. The number of alkyl halides is 2. The maximum absolute atomic E-state index is 12.4. The molecule has 7 heteroatoms. The van der Waals surface area contributed by atoms with E-state index in [-0.39, 0.29) is 24.2 Å². The summed E-state index contributed by atoms with van der Waals surface area (Å²) in [6.07, 6.45) is 0. The molecule has 0 unspecified atom stereocenters. The van der Waals surface area contributed by atoms with E-state index in [0.29, 0.717) is 11.3 Å². The highest BCUT2D eigenvalue weighted by molar-refractivity contribution is 5.91. The van der Waals surface area contributed by atoms with Gasteiger partial charge in [0.25, 0.3) is 5.91 Å². The first-order valence-corrected chi connectivity index (χ1v) is 9.28. The lowest BCUT2D eigenvalue weighted by Crippen LogP contribution is -2.87. The molecule has 5 nitrogen and oxygen atoms in total. The quantitative estimate of drug-likeness (QED) is 0.599. The Balaban J connectivity index is 1.72. The van der Waals surface area contributed by atoms with E-state index in [4.69, 9.17) is 5.26 Å². The van der Waals surface area contributed by atoms with Gasteiger partial charge in [-0.1, -0.05) is 36.4 Å². The zero-order valence-electron chi connectivity index (χ0n) is 16.0. The average molecular weight is 408 g/mol. The maximum Gasteiger partial charge on any atom is 0.387 e. The van der Waals surface area contributed by atoms with E-state index in [1.807, 2.05) is 41.7 Å². The van der Waals surface area contributed by atoms with E-state index in [1.54, 1.807) is 36.4 Å². The molecule has 3 aromatic carbocycles. The number of nitriles is 1. The molecule has 0 heterocycles. The van der Waals surface area contributed by atoms with E-state index in [2.05, 4.69) is 10.1 Å². The van der Waals surface area contributed by atoms with Crippen molar-refractivity contribution in [3.8, 4) is 11.8 Å². The van der Waals surface area contributed by atoms with Gasteiger partial charge in [-0.05, 0) is 42.5 Å². The lowest BCUT2D eigenvalue weighted by atomic mass is 9.98. The molecule has 0 fully saturated rings. The Morgan fingerprint density at radius 1 is 1.00 bits per heavy atom. The van der Waals surface area contributed by atoms with Crippen LogP contribution >= 0.6 is 0 Å². The number of ether oxygens (including phenoxy) is 1. The van der Waals surface area contributed by atoms with Gasteiger partial charge in [0.15, 0.2) is 6.54 Å². The minimum absolute atomic E-state index is 0.0793. The van der Waals surface area contributed by atoms with Crippen molar-refractivity contribution >= 4 is 11.6 Å². The topological polar surface area (TPSA) is 78.7 Å². The number of hydrogen-bond acceptors (Lipinski definition) is 3. The fourth-order valence-electron chi connectivity index (χ4n) is 3.08. The summed E-state index contributed by atoms with van der Waals surface area (Å²) in [6, 6.07) is 24.5. The summed E-state index contributed by atoms with van der Waals surface area (Å²) >= 11 is 0. The summed E-state index contributed by atoms with van der Waals surface area (Å²) in [5.74, 6) is -0.139. The number of benzene rings is 3. The number of nitrogens with one attached hydrogen (secondary N) is 1. The molecule has 3 aromatic rings. The average Bonchev–Trinajstić information content (AvgIpc) is 2.75. The number of carbonyl (C=O) groups is 1. The molecule has 0 radical (unpaired) electrons. The van der Waals surface area contributed by atoms with Gasteiger partial charge < -0.3 is 15.4 Å². The van der Waals surface area contributed by atoms with Crippen LogP contribution in [-0.2, 0) is 4.79 Å². The molecule has 0 aliphatic carbocycles. The van der Waals surface area contributed by atoms with Gasteiger partial charge in [0.05, 0.1) is 11.6 Å². The van der Waals surface area contributed by atoms with Crippen LogP contribution in [0.3, 0.4) is 0 Å². The Labute approximate surface area is 172 Å². The fourth-order valence-corrected chi connectivity index (χ4v) is 3.08. The van der Waals surface area contributed by atoms with E-state index in [1.165, 1.54) is 12.1 Å². The molecule has 0 saturated heterocycles. The SMILES string of the molecule is N#Cc1cccc(NC(=O)C[NH2+][C@H](c2ccccc2)c2ccc(OC(F)F)cc2)c1. The molecule has 1 amide bonds. The maximum atomic E-state index is 12.4. The fraction of sp³-hybridized carbons (Fsp3) is 0.130. The van der Waals surface area contributed by atoms with E-state index >= 15 is 0 Å². The minimum atomic E-state index is -2.88. The van der Waals surface area contributed by atoms with Crippen LogP contribution < -0.4 is 15.4 Å². The molecule has 0 spiro atoms. The van der Waals surface area contributed by atoms with Crippen molar-refractivity contribution in [2.24, 2.45) is 0 Å². The Bertz CT molecular complexity index is 1020. The third-order valence-corrected chi connectivity index (χ3v) is 4.44. The number of halogens is 2. The molecule has 0 aliphatic heterocycles. The molecule has 1 atom stereocenters. The van der Waals surface area contributed by atoms with Crippen LogP contribution in [0.2, 0.25) is 0 Å². The number of amides is 1. The van der Waals surface area contributed by atoms with Crippen molar-refractivity contribution in [1.29, 1.82) is 5.26 Å². The third kappa shape index (κ3) is 5.87. The van der Waals surface area contributed by atoms with Gasteiger partial charge in [-0.15, -0.1) is 0 Å². The van der Waals surface area contributed by atoms with Gasteiger partial charge in [0.2, 0.25) is 0 Å². The molecule has 3 rings (SSSR count). The normalized spacial score (nSPS) is 11.5. The second-order valence-corrected chi connectivity index (χ2v) is 6.52. The van der Waals surface area contributed by atoms with Crippen LogP contribution in [0.1, 0.15) is 22.7 Å². The molecule has 0 saturated carbocycles. The Hall–Kier alpha value is -3.76. The molecule has 0 aliphatic rings. The number of nitrogens with two attached hydrogens (primary N) is 1. The summed E-state index contributed by atoms with van der Waals surface area (Å²) < 4.78 is 29.2. The van der Waals surface area contributed by atoms with Crippen molar-refractivity contribution in [3.63, 3.8) is 0 Å². The van der Waals surface area contributed by atoms with Gasteiger partial charge in [0, 0.05) is 16.8 Å². The van der Waals surface area contributed by atoms with Gasteiger partial charge in [0.1, 0.15) is 11.8 Å². The van der Waals surface area contributed by atoms with Crippen LogP contribution in [0, 0.1) is 11.3 Å². The van der Waals surface area contributed by atoms with Crippen molar-refractivity contribution in [2.75, 3.05) is 11.9 Å². The molecular weight excluding hydrogens is 388 g/mol. The van der Waals surface area contributed by atoms with Crippen LogP contribution in [0.4, 0.5) is 14.5 Å². The smallest absolute Gasteiger partial charge is 0.387 e. The molecule has 0 bridgehead atoms. The lowest BCUT2D eigenvalue weighted by Gasteiger charge is -2.17. The van der Waals surface area contributed by atoms with Gasteiger partial charge >= 0.3 is 6.61 Å². The van der Waals surface area contributed by atoms with Gasteiger partial charge in [-0.2, -0.15) is 14.0 Å². The van der Waals surface area contributed by atoms with Crippen molar-refractivity contribution in [1.82, 2.24) is 0 Å². The highest BCUT2D eigenvalue weighted by Crippen LogP contribution is 2.22. The number of rotatable bonds is 8. The first-order valence-electron chi connectivity index (χ1n) is 9.28. The zero-order chi connectivity index (χ0) is 21.3. The molecule has 0 aromatic heterocycles. The van der Waals surface area contributed by atoms with Crippen molar-refractivity contribution in [2.45, 2.75) is 12.7 Å². The van der Waals surface area contributed by atoms with E-state index in [9.17, 15) is 13.6 Å².